The van der Waals surface area contributed by atoms with Crippen molar-refractivity contribution >= 4 is 5.96 Å². The van der Waals surface area contributed by atoms with Gasteiger partial charge in [0.2, 0.25) is 0 Å². The van der Waals surface area contributed by atoms with Gasteiger partial charge in [0, 0.05) is 46.6 Å². The summed E-state index contributed by atoms with van der Waals surface area (Å²) in [6, 6.07) is 1.93. The van der Waals surface area contributed by atoms with Crippen LogP contribution < -0.4 is 10.6 Å². The van der Waals surface area contributed by atoms with Crippen LogP contribution in [0.15, 0.2) is 17.3 Å². The van der Waals surface area contributed by atoms with Crippen LogP contribution in [0.25, 0.3) is 0 Å². The lowest BCUT2D eigenvalue weighted by Gasteiger charge is -2.18. The van der Waals surface area contributed by atoms with Gasteiger partial charge < -0.3 is 20.3 Å². The molecule has 1 rings (SSSR count). The van der Waals surface area contributed by atoms with E-state index >= 15 is 0 Å². The molecule has 0 aliphatic heterocycles. The molecule has 0 aromatic carbocycles. The molecule has 0 radical (unpaired) electrons. The number of ether oxygens (including phenoxy) is 1. The van der Waals surface area contributed by atoms with E-state index in [9.17, 15) is 0 Å². The van der Waals surface area contributed by atoms with E-state index in [-0.39, 0.29) is 0 Å². The van der Waals surface area contributed by atoms with Crippen LogP contribution in [0.3, 0.4) is 0 Å². The van der Waals surface area contributed by atoms with Crippen molar-refractivity contribution in [2.24, 2.45) is 4.99 Å². The molecular weight excluding hydrogens is 256 g/mol. The van der Waals surface area contributed by atoms with Crippen molar-refractivity contribution in [1.82, 2.24) is 25.7 Å². The lowest BCUT2D eigenvalue weighted by Crippen LogP contribution is -2.40. The Morgan fingerprint density at radius 3 is 2.95 bits per heavy atom. The fraction of sp³-hybridized carbons (Fsp3) is 0.692. The molecule has 0 saturated carbocycles. The SMILES string of the molecule is CN=C(NCCN(C)CCCOC)NCc1ccn[nH]1. The second-order valence-corrected chi connectivity index (χ2v) is 4.58. The summed E-state index contributed by atoms with van der Waals surface area (Å²) in [5.74, 6) is 0.796. The van der Waals surface area contributed by atoms with Crippen LogP contribution >= 0.6 is 0 Å². The minimum Gasteiger partial charge on any atom is -0.385 e. The molecule has 7 heteroatoms. The average Bonchev–Trinajstić information content (AvgIpc) is 2.96. The van der Waals surface area contributed by atoms with E-state index in [1.807, 2.05) is 6.07 Å². The molecule has 20 heavy (non-hydrogen) atoms. The molecule has 1 heterocycles. The number of aromatic amines is 1. The van der Waals surface area contributed by atoms with Crippen molar-refractivity contribution in [3.8, 4) is 0 Å². The van der Waals surface area contributed by atoms with E-state index in [2.05, 4.69) is 37.8 Å². The molecule has 0 atom stereocenters. The van der Waals surface area contributed by atoms with E-state index in [1.165, 1.54) is 0 Å². The fourth-order valence-corrected chi connectivity index (χ4v) is 1.74. The maximum atomic E-state index is 5.04. The van der Waals surface area contributed by atoms with Gasteiger partial charge in [0.15, 0.2) is 5.96 Å². The van der Waals surface area contributed by atoms with Crippen LogP contribution in [0.2, 0.25) is 0 Å². The lowest BCUT2D eigenvalue weighted by atomic mass is 10.4. The number of rotatable bonds is 9. The second kappa shape index (κ2) is 10.2. The molecule has 0 unspecified atom stereocenters. The number of H-pyrrole nitrogens is 1. The number of likely N-dealkylation sites (N-methyl/N-ethyl adjacent to an activating group) is 1. The zero-order valence-corrected chi connectivity index (χ0v) is 12.6. The largest absolute Gasteiger partial charge is 0.385 e. The van der Waals surface area contributed by atoms with Gasteiger partial charge in [-0.25, -0.2) is 0 Å². The highest BCUT2D eigenvalue weighted by Gasteiger charge is 2.01. The van der Waals surface area contributed by atoms with Gasteiger partial charge in [0.1, 0.15) is 0 Å². The predicted molar refractivity (Wildman–Crippen MR) is 80.8 cm³/mol. The van der Waals surface area contributed by atoms with E-state index in [0.29, 0.717) is 6.54 Å². The summed E-state index contributed by atoms with van der Waals surface area (Å²) in [4.78, 5) is 6.45. The lowest BCUT2D eigenvalue weighted by molar-refractivity contribution is 0.180. The number of hydrogen-bond acceptors (Lipinski definition) is 4. The first-order valence-electron chi connectivity index (χ1n) is 6.86. The second-order valence-electron chi connectivity index (χ2n) is 4.58. The molecule has 0 bridgehead atoms. The zero-order valence-electron chi connectivity index (χ0n) is 12.6. The topological polar surface area (TPSA) is 77.6 Å². The third-order valence-corrected chi connectivity index (χ3v) is 2.90. The molecular formula is C13H26N6O. The summed E-state index contributed by atoms with van der Waals surface area (Å²) in [5.41, 5.74) is 1.03. The van der Waals surface area contributed by atoms with Crippen molar-refractivity contribution in [1.29, 1.82) is 0 Å². The fourth-order valence-electron chi connectivity index (χ4n) is 1.74. The Balaban J connectivity index is 2.12. The van der Waals surface area contributed by atoms with E-state index < -0.39 is 0 Å². The van der Waals surface area contributed by atoms with E-state index in [4.69, 9.17) is 4.74 Å². The van der Waals surface area contributed by atoms with E-state index in [0.717, 1.165) is 44.3 Å². The Morgan fingerprint density at radius 2 is 2.30 bits per heavy atom. The van der Waals surface area contributed by atoms with Crippen LogP contribution in [-0.4, -0.2) is 68.5 Å². The van der Waals surface area contributed by atoms with Gasteiger partial charge >= 0.3 is 0 Å². The van der Waals surface area contributed by atoms with Crippen molar-refractivity contribution in [3.63, 3.8) is 0 Å². The molecule has 0 aliphatic rings. The molecule has 0 fully saturated rings. The molecule has 1 aromatic heterocycles. The number of guanidine groups is 1. The Labute approximate surface area is 120 Å². The maximum Gasteiger partial charge on any atom is 0.191 e. The van der Waals surface area contributed by atoms with Gasteiger partial charge in [-0.1, -0.05) is 0 Å². The first-order valence-corrected chi connectivity index (χ1v) is 6.86. The molecule has 1 aromatic rings. The monoisotopic (exact) mass is 282 g/mol. The van der Waals surface area contributed by atoms with Crippen LogP contribution in [-0.2, 0) is 11.3 Å². The highest BCUT2D eigenvalue weighted by molar-refractivity contribution is 5.79. The van der Waals surface area contributed by atoms with Crippen LogP contribution in [0.5, 0.6) is 0 Å². The molecule has 0 amide bonds. The molecule has 0 aliphatic carbocycles. The van der Waals surface area contributed by atoms with Crippen molar-refractivity contribution in [2.75, 3.05) is 47.4 Å². The quantitative estimate of drug-likeness (QED) is 0.339. The van der Waals surface area contributed by atoms with Gasteiger partial charge in [-0.15, -0.1) is 0 Å². The molecule has 7 nitrogen and oxygen atoms in total. The maximum absolute atomic E-state index is 5.04. The number of aliphatic imine (C=N–C) groups is 1. The average molecular weight is 282 g/mol. The normalized spacial score (nSPS) is 11.9. The summed E-state index contributed by atoms with van der Waals surface area (Å²) in [6.07, 6.45) is 2.79. The summed E-state index contributed by atoms with van der Waals surface area (Å²) < 4.78 is 5.04. The van der Waals surface area contributed by atoms with Gasteiger partial charge in [0.25, 0.3) is 0 Å². The smallest absolute Gasteiger partial charge is 0.191 e. The van der Waals surface area contributed by atoms with Gasteiger partial charge in [0.05, 0.1) is 12.2 Å². The Hall–Kier alpha value is -1.60. The van der Waals surface area contributed by atoms with Gasteiger partial charge in [-0.05, 0) is 19.5 Å². The highest BCUT2D eigenvalue weighted by Crippen LogP contribution is 1.90. The predicted octanol–water partition coefficient (Wildman–Crippen LogP) is 0.0430. The molecule has 3 N–H and O–H groups in total. The number of aromatic nitrogens is 2. The number of hydrogen-bond donors (Lipinski definition) is 3. The van der Waals surface area contributed by atoms with Gasteiger partial charge in [-0.2, -0.15) is 5.10 Å². The van der Waals surface area contributed by atoms with E-state index in [1.54, 1.807) is 20.4 Å². The first-order chi connectivity index (χ1) is 9.76. The van der Waals surface area contributed by atoms with Crippen LogP contribution in [0, 0.1) is 0 Å². The summed E-state index contributed by atoms with van der Waals surface area (Å²) in [7, 11) is 5.61. The Bertz CT molecular complexity index is 365. The van der Waals surface area contributed by atoms with Crippen LogP contribution in [0.1, 0.15) is 12.1 Å². The third kappa shape index (κ3) is 7.10. The van der Waals surface area contributed by atoms with Crippen molar-refractivity contribution < 1.29 is 4.74 Å². The third-order valence-electron chi connectivity index (χ3n) is 2.90. The molecule has 114 valence electrons. The standard InChI is InChI=1S/C13H26N6O/c1-14-13(16-11-12-5-6-17-18-12)15-7-9-19(2)8-4-10-20-3/h5-6H,4,7-11H2,1-3H3,(H,17,18)(H2,14,15,16). The summed E-state index contributed by atoms with van der Waals surface area (Å²) in [5, 5.41) is 13.3. The minimum atomic E-state index is 0.684. The number of methoxy groups -OCH3 is 1. The van der Waals surface area contributed by atoms with Gasteiger partial charge in [-0.3, -0.25) is 10.1 Å². The number of nitrogens with zero attached hydrogens (tertiary/aromatic N) is 3. The summed E-state index contributed by atoms with van der Waals surface area (Å²) in [6.45, 7) is 4.35. The first kappa shape index (κ1) is 16.5. The van der Waals surface area contributed by atoms with Crippen LogP contribution in [0.4, 0.5) is 0 Å². The molecule has 0 spiro atoms. The summed E-state index contributed by atoms with van der Waals surface area (Å²) >= 11 is 0. The zero-order chi connectivity index (χ0) is 14.6. The number of nitrogens with one attached hydrogen (secondary N) is 3. The van der Waals surface area contributed by atoms with Crippen molar-refractivity contribution in [3.05, 3.63) is 18.0 Å². The molecule has 0 saturated heterocycles. The minimum absolute atomic E-state index is 0.684. The Morgan fingerprint density at radius 1 is 1.45 bits per heavy atom. The highest BCUT2D eigenvalue weighted by atomic mass is 16.5. The van der Waals surface area contributed by atoms with Crippen molar-refractivity contribution in [2.45, 2.75) is 13.0 Å². The Kier molecular flexibility index (Phi) is 8.41.